The van der Waals surface area contributed by atoms with Gasteiger partial charge in [-0.3, -0.25) is 38.4 Å². The lowest BCUT2D eigenvalue weighted by Crippen LogP contribution is -2.59. The maximum absolute atomic E-state index is 14.5. The quantitative estimate of drug-likeness (QED) is 0.0702. The molecule has 9 atom stereocenters. The number of carbonyl (C=O) groups excluding carboxylic acids is 8. The Kier molecular flexibility index (Phi) is 21.9. The van der Waals surface area contributed by atoms with Gasteiger partial charge >= 0.3 is 0 Å². The predicted molar refractivity (Wildman–Crippen MR) is 297 cm³/mol. The van der Waals surface area contributed by atoms with Crippen LogP contribution >= 0.6 is 0 Å². The fourth-order valence-corrected chi connectivity index (χ4v) is 9.04. The Morgan fingerprint density at radius 3 is 1.78 bits per heavy atom. The predicted octanol–water partition coefficient (Wildman–Crippen LogP) is 3.63. The van der Waals surface area contributed by atoms with E-state index >= 15 is 0 Å². The molecule has 0 saturated carbocycles. The first-order valence-corrected chi connectivity index (χ1v) is 27.0. The van der Waals surface area contributed by atoms with E-state index in [1.165, 1.54) is 10.5 Å². The molecule has 1 saturated heterocycles. The number of hydrogen-bond acceptors (Lipinski definition) is 10. The van der Waals surface area contributed by atoms with Crippen molar-refractivity contribution in [2.24, 2.45) is 17.3 Å². The van der Waals surface area contributed by atoms with Crippen LogP contribution < -0.4 is 47.9 Å². The van der Waals surface area contributed by atoms with E-state index in [9.17, 15) is 38.4 Å². The molecule has 2 aliphatic rings. The van der Waals surface area contributed by atoms with Crippen LogP contribution in [0.15, 0.2) is 72.8 Å². The molecule has 0 aromatic heterocycles. The van der Waals surface area contributed by atoms with Crippen LogP contribution in [0.2, 0.25) is 0 Å². The number of benzene rings is 3. The summed E-state index contributed by atoms with van der Waals surface area (Å²) in [5, 5.41) is 26.3. The van der Waals surface area contributed by atoms with Gasteiger partial charge in [0.25, 0.3) is 11.8 Å². The largest absolute Gasteiger partial charge is 0.352 e. The molecule has 18 nitrogen and oxygen atoms in total. The summed E-state index contributed by atoms with van der Waals surface area (Å²) in [7, 11) is 3.31. The topological polar surface area (TPSA) is 248 Å². The zero-order chi connectivity index (χ0) is 56.7. The molecule has 1 heterocycles. The van der Waals surface area contributed by atoms with Crippen LogP contribution in [0.3, 0.4) is 0 Å². The van der Waals surface area contributed by atoms with Gasteiger partial charge in [-0.05, 0) is 144 Å². The van der Waals surface area contributed by atoms with E-state index < -0.39 is 65.4 Å². The molecule has 3 aromatic carbocycles. The Morgan fingerprint density at radius 2 is 1.22 bits per heavy atom. The van der Waals surface area contributed by atoms with Crippen molar-refractivity contribution in [1.29, 1.82) is 0 Å². The summed E-state index contributed by atoms with van der Waals surface area (Å²) in [6.07, 6.45) is 2.86. The average molecular weight is 1060 g/mol. The number of fused-ring (bicyclic) bond motifs is 1. The van der Waals surface area contributed by atoms with Gasteiger partial charge in [-0.25, -0.2) is 0 Å². The van der Waals surface area contributed by atoms with Gasteiger partial charge in [0.15, 0.2) is 0 Å². The summed E-state index contributed by atoms with van der Waals surface area (Å²) in [5.74, 6) is 2.96. The highest BCUT2D eigenvalue weighted by Gasteiger charge is 2.46. The third-order valence-electron chi connectivity index (χ3n) is 14.6. The second-order valence-corrected chi connectivity index (χ2v) is 22.2. The van der Waals surface area contributed by atoms with E-state index in [-0.39, 0.29) is 79.4 Å². The number of nitrogens with zero attached hydrogens (tertiary/aromatic N) is 1. The highest BCUT2D eigenvalue weighted by Crippen LogP contribution is 2.31. The second-order valence-electron chi connectivity index (χ2n) is 22.2. The van der Waals surface area contributed by atoms with E-state index in [2.05, 4.69) is 65.8 Å². The number of likely N-dealkylation sites (N-methyl/N-ethyl adjacent to an activating group) is 2. The van der Waals surface area contributed by atoms with E-state index in [0.717, 1.165) is 24.8 Å². The molecule has 3 aromatic rings. The van der Waals surface area contributed by atoms with Crippen molar-refractivity contribution in [2.45, 2.75) is 156 Å². The number of carbonyl (C=O) groups is 8. The van der Waals surface area contributed by atoms with Gasteiger partial charge in [0.2, 0.25) is 35.4 Å². The van der Waals surface area contributed by atoms with Crippen molar-refractivity contribution >= 4 is 47.3 Å². The molecule has 1 unspecified atom stereocenters. The van der Waals surface area contributed by atoms with E-state index in [0.29, 0.717) is 22.3 Å². The fraction of sp³-hybridized carbons (Fsp3) is 0.525. The molecule has 1 aliphatic heterocycles. The third-order valence-corrected chi connectivity index (χ3v) is 14.6. The summed E-state index contributed by atoms with van der Waals surface area (Å²) in [6, 6.07) is 15.7. The van der Waals surface area contributed by atoms with Crippen LogP contribution in [0, 0.1) is 29.1 Å². The molecule has 0 bridgehead atoms. The van der Waals surface area contributed by atoms with E-state index in [4.69, 9.17) is 0 Å². The summed E-state index contributed by atoms with van der Waals surface area (Å²) in [5.41, 5.74) is 3.53. The molecule has 1 aliphatic carbocycles. The maximum atomic E-state index is 14.5. The fourth-order valence-electron chi connectivity index (χ4n) is 9.04. The lowest BCUT2D eigenvalue weighted by Gasteiger charge is -2.36. The Balaban J connectivity index is 1.21. The summed E-state index contributed by atoms with van der Waals surface area (Å²) in [4.78, 5) is 110. The SMILES string of the molecule is CN[C@@H](C)C(=O)N[C@H](C(=O)N[C@@H](CCNC(=O)c1ccc(C#Cc2ccc(C(=O)N[C@H]3C[C@@H](C(=O)N[C@@H]4CCCc5ccccc54)N(C(=O)[C@@H](NC(=O)[C@H](C)NC)C(C)(C)C)C3)cc2)cc1)C(=O)NC(C)C(C)C)C(C)C. The first kappa shape index (κ1) is 60.8. The molecule has 77 heavy (non-hydrogen) atoms. The van der Waals surface area contributed by atoms with Crippen molar-refractivity contribution in [3.8, 4) is 11.8 Å². The molecule has 5 rings (SSSR count). The lowest BCUT2D eigenvalue weighted by atomic mass is 9.85. The molecular weight excluding hydrogens is 977 g/mol. The van der Waals surface area contributed by atoms with Crippen molar-refractivity contribution in [3.05, 3.63) is 106 Å². The highest BCUT2D eigenvalue weighted by atomic mass is 16.2. The van der Waals surface area contributed by atoms with Gasteiger partial charge in [-0.1, -0.05) is 84.6 Å². The molecule has 1 fully saturated rings. The van der Waals surface area contributed by atoms with Crippen molar-refractivity contribution < 1.29 is 38.4 Å². The van der Waals surface area contributed by atoms with Crippen LogP contribution in [-0.2, 0) is 35.2 Å². The second kappa shape index (κ2) is 27.8. The minimum absolute atomic E-state index is 0.0634. The average Bonchev–Trinajstić information content (AvgIpc) is 3.84. The van der Waals surface area contributed by atoms with Crippen LogP contribution in [0.1, 0.15) is 144 Å². The number of hydrogen-bond donors (Lipinski definition) is 9. The van der Waals surface area contributed by atoms with Crippen molar-refractivity contribution in [1.82, 2.24) is 52.8 Å². The molecular formula is C59H82N10O8. The maximum Gasteiger partial charge on any atom is 0.251 e. The number of aryl methyl sites for hydroxylation is 1. The Hall–Kier alpha value is -7.10. The number of rotatable bonds is 21. The monoisotopic (exact) mass is 1060 g/mol. The Labute approximate surface area is 454 Å². The van der Waals surface area contributed by atoms with Crippen LogP contribution in [0.4, 0.5) is 0 Å². The lowest BCUT2D eigenvalue weighted by molar-refractivity contribution is -0.144. The minimum atomic E-state index is -0.986. The highest BCUT2D eigenvalue weighted by molar-refractivity contribution is 5.97. The minimum Gasteiger partial charge on any atom is -0.352 e. The summed E-state index contributed by atoms with van der Waals surface area (Å²) >= 11 is 0. The zero-order valence-corrected chi connectivity index (χ0v) is 46.9. The van der Waals surface area contributed by atoms with Crippen molar-refractivity contribution in [3.63, 3.8) is 0 Å². The summed E-state index contributed by atoms with van der Waals surface area (Å²) < 4.78 is 0. The van der Waals surface area contributed by atoms with Gasteiger partial charge in [-0.2, -0.15) is 0 Å². The van der Waals surface area contributed by atoms with Crippen LogP contribution in [0.5, 0.6) is 0 Å². The number of likely N-dealkylation sites (tertiary alicyclic amines) is 1. The van der Waals surface area contributed by atoms with E-state index in [1.54, 1.807) is 90.3 Å². The number of amides is 8. The molecule has 18 heteroatoms. The standard InChI is InChI=1S/C59H82N10O8/c1-34(2)36(5)63-55(74)47(66-57(76)49(35(3)4)67-51(70)37(6)60-11)30-31-62-53(72)42-26-22-39(23-27-42)20-21-40-24-28-43(29-25-40)54(73)64-44-32-48(56(75)65-46-19-15-17-41-16-13-14-18-45(41)46)69(33-44)58(77)50(59(8,9)10)68-52(71)38(7)61-12/h13-14,16,18,22-29,34-38,44,46-50,60-61H,15,17,19,30-33H2,1-12H3,(H,62,72)(H,63,74)(H,64,73)(H,65,75)(H,66,76)(H,67,70)(H,68,71)/t36?,37-,38-,44-,46+,47-,48-,49-,50+/m0/s1. The molecule has 0 radical (unpaired) electrons. The normalized spacial score (nSPS) is 18.4. The zero-order valence-electron chi connectivity index (χ0n) is 46.9. The van der Waals surface area contributed by atoms with Gasteiger partial charge in [0.1, 0.15) is 24.2 Å². The smallest absolute Gasteiger partial charge is 0.251 e. The van der Waals surface area contributed by atoms with Crippen LogP contribution in [0.25, 0.3) is 0 Å². The number of nitrogens with one attached hydrogen (secondary N) is 9. The van der Waals surface area contributed by atoms with Gasteiger partial charge in [0, 0.05) is 47.4 Å². The van der Waals surface area contributed by atoms with Crippen molar-refractivity contribution in [2.75, 3.05) is 27.2 Å². The molecule has 0 spiro atoms. The first-order valence-electron chi connectivity index (χ1n) is 27.0. The third kappa shape index (κ3) is 16.9. The Bertz CT molecular complexity index is 2640. The van der Waals surface area contributed by atoms with E-state index in [1.807, 2.05) is 59.7 Å². The van der Waals surface area contributed by atoms with Crippen LogP contribution in [-0.4, -0.2) is 128 Å². The van der Waals surface area contributed by atoms with Gasteiger partial charge < -0.3 is 52.8 Å². The molecule has 9 N–H and O–H groups in total. The Morgan fingerprint density at radius 1 is 0.649 bits per heavy atom. The molecule has 8 amide bonds. The summed E-state index contributed by atoms with van der Waals surface area (Å²) in [6.45, 7) is 18.5. The molecule has 416 valence electrons. The van der Waals surface area contributed by atoms with Gasteiger partial charge in [-0.15, -0.1) is 0 Å². The van der Waals surface area contributed by atoms with Gasteiger partial charge in [0.05, 0.1) is 18.1 Å². The first-order chi connectivity index (χ1) is 36.4.